The van der Waals surface area contributed by atoms with E-state index in [-0.39, 0.29) is 11.9 Å². The molecule has 30 heavy (non-hydrogen) atoms. The van der Waals surface area contributed by atoms with Crippen molar-refractivity contribution in [3.63, 3.8) is 0 Å². The van der Waals surface area contributed by atoms with Gasteiger partial charge in [0.25, 0.3) is 0 Å². The molecule has 6 nitrogen and oxygen atoms in total. The van der Waals surface area contributed by atoms with Gasteiger partial charge in [-0.2, -0.15) is 5.10 Å². The predicted octanol–water partition coefficient (Wildman–Crippen LogP) is 4.76. The Hall–Kier alpha value is -3.32. The van der Waals surface area contributed by atoms with Crippen LogP contribution < -0.4 is 5.43 Å². The second-order valence-corrected chi connectivity index (χ2v) is 7.37. The number of hydrogen-bond acceptors (Lipinski definition) is 6. The number of benzene rings is 2. The molecule has 0 atom stereocenters. The summed E-state index contributed by atoms with van der Waals surface area (Å²) in [5.41, 5.74) is 3.82. The van der Waals surface area contributed by atoms with E-state index in [9.17, 15) is 9.59 Å². The Labute approximate surface area is 179 Å². The number of rotatable bonds is 9. The number of amides is 1. The second kappa shape index (κ2) is 11.0. The van der Waals surface area contributed by atoms with Crippen molar-refractivity contribution in [2.24, 2.45) is 5.10 Å². The maximum Gasteiger partial charge on any atom is 0.338 e. The topological polar surface area (TPSA) is 80.9 Å². The van der Waals surface area contributed by atoms with Gasteiger partial charge in [-0.05, 0) is 43.3 Å². The summed E-state index contributed by atoms with van der Waals surface area (Å²) in [7, 11) is 0. The number of esters is 1. The molecule has 3 rings (SSSR count). The molecule has 1 N–H and O–H groups in total. The molecule has 0 fully saturated rings. The average molecular weight is 423 g/mol. The second-order valence-electron chi connectivity index (χ2n) is 6.20. The van der Waals surface area contributed by atoms with E-state index in [0.29, 0.717) is 35.9 Å². The summed E-state index contributed by atoms with van der Waals surface area (Å²) in [6.45, 7) is 2.11. The van der Waals surface area contributed by atoms with Crippen LogP contribution in [0.1, 0.15) is 29.5 Å². The van der Waals surface area contributed by atoms with Crippen LogP contribution in [0.4, 0.5) is 0 Å². The maximum absolute atomic E-state index is 11.9. The van der Waals surface area contributed by atoms with E-state index < -0.39 is 0 Å². The summed E-state index contributed by atoms with van der Waals surface area (Å²) >= 11 is 1.62. The fourth-order valence-electron chi connectivity index (χ4n) is 2.56. The number of nitrogens with zero attached hydrogens (tertiary/aromatic N) is 1. The molecule has 3 aromatic rings. The van der Waals surface area contributed by atoms with E-state index in [1.807, 2.05) is 30.3 Å². The molecule has 0 spiro atoms. The number of hydrogen-bond donors (Lipinski definition) is 1. The Bertz CT molecular complexity index is 998. The summed E-state index contributed by atoms with van der Waals surface area (Å²) in [6, 6.07) is 20.5. The lowest BCUT2D eigenvalue weighted by Gasteiger charge is -2.02. The van der Waals surface area contributed by atoms with Gasteiger partial charge >= 0.3 is 5.97 Å². The van der Waals surface area contributed by atoms with Crippen molar-refractivity contribution in [3.8, 4) is 11.3 Å². The molecule has 0 radical (unpaired) electrons. The highest BCUT2D eigenvalue weighted by Crippen LogP contribution is 2.22. The zero-order valence-electron chi connectivity index (χ0n) is 16.5. The van der Waals surface area contributed by atoms with E-state index in [1.165, 1.54) is 6.21 Å². The van der Waals surface area contributed by atoms with E-state index in [0.717, 1.165) is 10.5 Å². The summed E-state index contributed by atoms with van der Waals surface area (Å²) in [5, 5.41) is 3.94. The molecule has 0 bridgehead atoms. The van der Waals surface area contributed by atoms with Gasteiger partial charge in [0.2, 0.25) is 5.91 Å². The molecule has 0 saturated carbocycles. The van der Waals surface area contributed by atoms with Gasteiger partial charge in [-0.15, -0.1) is 11.8 Å². The molecule has 0 aliphatic rings. The molecular formula is C23H22N2O4S. The quantitative estimate of drug-likeness (QED) is 0.233. The number of hydrazone groups is 1. The molecule has 0 aliphatic carbocycles. The standard InChI is InChI=1S/C23H22N2O4S/c1-2-28-23(27)18-10-8-17(9-11-18)21-13-12-19(29-21)16-24-25-22(26)14-15-30-20-6-4-3-5-7-20/h3-13,16H,2,14-15H2,1H3,(H,25,26). The van der Waals surface area contributed by atoms with Gasteiger partial charge in [-0.1, -0.05) is 30.3 Å². The Kier molecular flexibility index (Phi) is 7.86. The first-order valence-electron chi connectivity index (χ1n) is 9.53. The van der Waals surface area contributed by atoms with Crippen LogP contribution in [0, 0.1) is 0 Å². The third-order valence-corrected chi connectivity index (χ3v) is 5.04. The highest BCUT2D eigenvalue weighted by atomic mass is 32.2. The molecule has 1 heterocycles. The first-order valence-corrected chi connectivity index (χ1v) is 10.5. The van der Waals surface area contributed by atoms with Gasteiger partial charge < -0.3 is 9.15 Å². The van der Waals surface area contributed by atoms with E-state index in [1.54, 1.807) is 55.1 Å². The van der Waals surface area contributed by atoms with E-state index in [4.69, 9.17) is 9.15 Å². The molecule has 154 valence electrons. The Balaban J connectivity index is 1.47. The van der Waals surface area contributed by atoms with Crippen molar-refractivity contribution in [2.45, 2.75) is 18.2 Å². The van der Waals surface area contributed by atoms with Gasteiger partial charge in [0.1, 0.15) is 11.5 Å². The summed E-state index contributed by atoms with van der Waals surface area (Å²) < 4.78 is 10.7. The van der Waals surface area contributed by atoms with E-state index >= 15 is 0 Å². The van der Waals surface area contributed by atoms with Gasteiger partial charge in [0, 0.05) is 22.6 Å². The zero-order chi connectivity index (χ0) is 21.2. The fourth-order valence-corrected chi connectivity index (χ4v) is 3.44. The number of carbonyl (C=O) groups is 2. The first kappa shape index (κ1) is 21.4. The van der Waals surface area contributed by atoms with Crippen LogP contribution in [-0.2, 0) is 9.53 Å². The predicted molar refractivity (Wildman–Crippen MR) is 118 cm³/mol. The Morgan fingerprint density at radius 3 is 2.57 bits per heavy atom. The minimum Gasteiger partial charge on any atom is -0.462 e. The lowest BCUT2D eigenvalue weighted by Crippen LogP contribution is -2.17. The number of thioether (sulfide) groups is 1. The van der Waals surface area contributed by atoms with E-state index in [2.05, 4.69) is 10.5 Å². The van der Waals surface area contributed by atoms with Crippen LogP contribution in [0.5, 0.6) is 0 Å². The van der Waals surface area contributed by atoms with Crippen LogP contribution in [-0.4, -0.2) is 30.5 Å². The third-order valence-electron chi connectivity index (χ3n) is 4.03. The normalized spacial score (nSPS) is 10.8. The summed E-state index contributed by atoms with van der Waals surface area (Å²) in [5.74, 6) is 1.32. The summed E-state index contributed by atoms with van der Waals surface area (Å²) in [4.78, 5) is 24.7. The highest BCUT2D eigenvalue weighted by molar-refractivity contribution is 7.99. The smallest absolute Gasteiger partial charge is 0.338 e. The number of carbonyl (C=O) groups excluding carboxylic acids is 2. The van der Waals surface area contributed by atoms with Gasteiger partial charge in [-0.3, -0.25) is 4.79 Å². The first-order chi connectivity index (χ1) is 14.7. The van der Waals surface area contributed by atoms with Gasteiger partial charge in [0.05, 0.1) is 18.4 Å². The van der Waals surface area contributed by atoms with Crippen molar-refractivity contribution in [3.05, 3.63) is 78.1 Å². The molecule has 0 aliphatic heterocycles. The molecule has 2 aromatic carbocycles. The van der Waals surface area contributed by atoms with Crippen LogP contribution >= 0.6 is 11.8 Å². The maximum atomic E-state index is 11.9. The number of nitrogens with one attached hydrogen (secondary N) is 1. The lowest BCUT2D eigenvalue weighted by atomic mass is 10.1. The van der Waals surface area contributed by atoms with Crippen LogP contribution in [0.3, 0.4) is 0 Å². The SMILES string of the molecule is CCOC(=O)c1ccc(-c2ccc(C=NNC(=O)CCSc3ccccc3)o2)cc1. The Morgan fingerprint density at radius 1 is 1.07 bits per heavy atom. The third kappa shape index (κ3) is 6.35. The van der Waals surface area contributed by atoms with Crippen molar-refractivity contribution < 1.29 is 18.7 Å². The van der Waals surface area contributed by atoms with Crippen LogP contribution in [0.2, 0.25) is 0 Å². The van der Waals surface area contributed by atoms with Crippen molar-refractivity contribution >= 4 is 29.9 Å². The monoisotopic (exact) mass is 422 g/mol. The van der Waals surface area contributed by atoms with Crippen molar-refractivity contribution in [2.75, 3.05) is 12.4 Å². The van der Waals surface area contributed by atoms with Crippen LogP contribution in [0.15, 0.2) is 81.1 Å². The van der Waals surface area contributed by atoms with Gasteiger partial charge in [0.15, 0.2) is 0 Å². The van der Waals surface area contributed by atoms with Crippen LogP contribution in [0.25, 0.3) is 11.3 Å². The zero-order valence-corrected chi connectivity index (χ0v) is 17.4. The minimum atomic E-state index is -0.353. The molecule has 0 saturated heterocycles. The lowest BCUT2D eigenvalue weighted by molar-refractivity contribution is -0.120. The van der Waals surface area contributed by atoms with Crippen molar-refractivity contribution in [1.29, 1.82) is 0 Å². The average Bonchev–Trinajstić information content (AvgIpc) is 3.24. The molecule has 7 heteroatoms. The summed E-state index contributed by atoms with van der Waals surface area (Å²) in [6.07, 6.45) is 1.83. The molecule has 0 unspecified atom stereocenters. The van der Waals surface area contributed by atoms with Crippen molar-refractivity contribution in [1.82, 2.24) is 5.43 Å². The Morgan fingerprint density at radius 2 is 1.83 bits per heavy atom. The molecule has 1 amide bonds. The number of ether oxygens (including phenoxy) is 1. The minimum absolute atomic E-state index is 0.156. The highest BCUT2D eigenvalue weighted by Gasteiger charge is 2.08. The molecular weight excluding hydrogens is 400 g/mol. The number of furan rings is 1. The fraction of sp³-hybridized carbons (Fsp3) is 0.174. The van der Waals surface area contributed by atoms with Gasteiger partial charge in [-0.25, -0.2) is 10.2 Å². The molecule has 1 aromatic heterocycles. The largest absolute Gasteiger partial charge is 0.462 e.